The molecule has 2 aromatic carbocycles. The van der Waals surface area contributed by atoms with Crippen molar-refractivity contribution in [1.29, 1.82) is 0 Å². The molecule has 1 N–H and O–H groups in total. The van der Waals surface area contributed by atoms with E-state index in [-0.39, 0.29) is 30.9 Å². The largest absolute Gasteiger partial charge is 0.396 e. The number of hydrogen-bond donors (Lipinski definition) is 1. The summed E-state index contributed by atoms with van der Waals surface area (Å²) in [4.78, 5) is 48.9. The topological polar surface area (TPSA) is 90.4 Å². The Morgan fingerprint density at radius 3 is 2.35 bits per heavy atom. The average Bonchev–Trinajstić information content (AvgIpc) is 3.29. The maximum absolute atomic E-state index is 14.7. The van der Waals surface area contributed by atoms with Crippen molar-refractivity contribution in [3.05, 3.63) is 83.4 Å². The third-order valence-electron chi connectivity index (χ3n) is 9.52. The minimum absolute atomic E-state index is 0.0610. The Balaban J connectivity index is 1.48. The predicted octanol–water partition coefficient (Wildman–Crippen LogP) is 4.68. The average molecular weight is 604 g/mol. The fourth-order valence-electron chi connectivity index (χ4n) is 7.58. The molecule has 0 aliphatic carbocycles. The molecule has 226 valence electrons. The van der Waals surface area contributed by atoms with E-state index < -0.39 is 29.1 Å². The van der Waals surface area contributed by atoms with Crippen molar-refractivity contribution in [2.24, 2.45) is 11.8 Å². The third kappa shape index (κ3) is 4.62. The van der Waals surface area contributed by atoms with Crippen LogP contribution in [-0.4, -0.2) is 71.2 Å². The number of halogens is 1. The molecule has 4 aliphatic rings. The molecule has 9 heteroatoms. The number of fused-ring (bicyclic) bond motifs is 2. The monoisotopic (exact) mass is 603 g/mol. The Hall–Kier alpha value is -3.46. The number of carbonyl (C=O) groups is 3. The molecule has 1 spiro atoms. The van der Waals surface area contributed by atoms with Crippen molar-refractivity contribution < 1.29 is 24.2 Å². The third-order valence-corrected chi connectivity index (χ3v) is 9.83. The van der Waals surface area contributed by atoms with Gasteiger partial charge in [0.15, 0.2) is 0 Å². The van der Waals surface area contributed by atoms with Gasteiger partial charge in [0.05, 0.1) is 28.1 Å². The summed E-state index contributed by atoms with van der Waals surface area (Å²) in [6.07, 6.45) is 10.0. The van der Waals surface area contributed by atoms with Gasteiger partial charge < -0.3 is 24.5 Å². The number of anilines is 2. The first kappa shape index (κ1) is 29.6. The van der Waals surface area contributed by atoms with Crippen molar-refractivity contribution >= 4 is 40.7 Å². The van der Waals surface area contributed by atoms with Crippen LogP contribution in [0.3, 0.4) is 0 Å². The molecular formula is C34H38ClN3O5. The van der Waals surface area contributed by atoms with Crippen molar-refractivity contribution in [1.82, 2.24) is 4.90 Å². The van der Waals surface area contributed by atoms with Gasteiger partial charge in [-0.1, -0.05) is 73.2 Å². The van der Waals surface area contributed by atoms with Gasteiger partial charge in [0, 0.05) is 31.9 Å². The normalized spacial score (nSPS) is 29.9. The molecule has 0 saturated carbocycles. The number of hydrogen-bond acceptors (Lipinski definition) is 5. The maximum atomic E-state index is 14.7. The van der Waals surface area contributed by atoms with Crippen LogP contribution in [0.25, 0.3) is 0 Å². The molecule has 2 fully saturated rings. The molecule has 2 aromatic rings. The van der Waals surface area contributed by atoms with Gasteiger partial charge in [0.2, 0.25) is 11.8 Å². The van der Waals surface area contributed by atoms with Gasteiger partial charge in [-0.05, 0) is 56.4 Å². The van der Waals surface area contributed by atoms with Crippen LogP contribution >= 0.6 is 11.6 Å². The molecule has 8 nitrogen and oxygen atoms in total. The van der Waals surface area contributed by atoms with Crippen LogP contribution in [0.4, 0.5) is 11.4 Å². The lowest BCUT2D eigenvalue weighted by Crippen LogP contribution is -2.56. The second kappa shape index (κ2) is 11.6. The number of likely N-dealkylation sites (tertiary alicyclic amines) is 1. The maximum Gasteiger partial charge on any atom is 0.253 e. The number of rotatable bonds is 8. The fourth-order valence-corrected chi connectivity index (χ4v) is 7.90. The first-order valence-corrected chi connectivity index (χ1v) is 15.6. The quantitative estimate of drug-likeness (QED) is 0.350. The summed E-state index contributed by atoms with van der Waals surface area (Å²) in [5, 5.41) is 9.80. The molecule has 2 saturated heterocycles. The van der Waals surface area contributed by atoms with Crippen LogP contribution in [-0.2, 0) is 19.1 Å². The summed E-state index contributed by atoms with van der Waals surface area (Å²) in [5.41, 5.74) is -0.186. The van der Waals surface area contributed by atoms with Crippen LogP contribution in [0.2, 0.25) is 5.02 Å². The number of unbranched alkanes of at least 4 members (excludes halogenated alkanes) is 2. The minimum Gasteiger partial charge on any atom is -0.396 e. The lowest BCUT2D eigenvalue weighted by atomic mass is 9.73. The summed E-state index contributed by atoms with van der Waals surface area (Å²) in [6, 6.07) is 14.0. The van der Waals surface area contributed by atoms with Crippen molar-refractivity contribution in [2.75, 3.05) is 36.0 Å². The van der Waals surface area contributed by atoms with E-state index >= 15 is 0 Å². The zero-order valence-corrected chi connectivity index (χ0v) is 25.4. The van der Waals surface area contributed by atoms with Crippen molar-refractivity contribution in [2.45, 2.75) is 56.8 Å². The van der Waals surface area contributed by atoms with Crippen LogP contribution in [0.15, 0.2) is 72.8 Å². The summed E-state index contributed by atoms with van der Waals surface area (Å²) in [5.74, 6) is -2.41. The first-order valence-electron chi connectivity index (χ1n) is 15.2. The van der Waals surface area contributed by atoms with Gasteiger partial charge in [-0.25, -0.2) is 0 Å². The second-order valence-corrected chi connectivity index (χ2v) is 12.3. The van der Waals surface area contributed by atoms with E-state index in [2.05, 4.69) is 0 Å². The van der Waals surface area contributed by atoms with E-state index in [1.165, 1.54) is 0 Å². The van der Waals surface area contributed by atoms with E-state index in [0.717, 1.165) is 11.3 Å². The summed E-state index contributed by atoms with van der Waals surface area (Å²) < 4.78 is 7.07. The highest BCUT2D eigenvalue weighted by molar-refractivity contribution is 6.34. The Kier molecular flexibility index (Phi) is 7.96. The fraction of sp³-hybridized carbons (Fsp3) is 0.441. The van der Waals surface area contributed by atoms with E-state index in [0.29, 0.717) is 49.5 Å². The van der Waals surface area contributed by atoms with Gasteiger partial charge in [-0.3, -0.25) is 14.4 Å². The van der Waals surface area contributed by atoms with Crippen LogP contribution < -0.4 is 9.80 Å². The molecule has 6 rings (SSSR count). The van der Waals surface area contributed by atoms with E-state index in [1.807, 2.05) is 80.6 Å². The highest BCUT2D eigenvalue weighted by atomic mass is 35.5. The molecule has 3 amide bonds. The van der Waals surface area contributed by atoms with E-state index in [1.54, 1.807) is 20.8 Å². The molecular weight excluding hydrogens is 566 g/mol. The van der Waals surface area contributed by atoms with Crippen molar-refractivity contribution in [3.8, 4) is 0 Å². The van der Waals surface area contributed by atoms with Crippen LogP contribution in [0, 0.1) is 18.8 Å². The number of aliphatic hydroxyl groups excluding tert-OH is 1. The number of carbonyl (C=O) groups excluding carboxylic acids is 3. The molecule has 1 unspecified atom stereocenters. The zero-order chi connectivity index (χ0) is 30.4. The van der Waals surface area contributed by atoms with Crippen molar-refractivity contribution in [3.63, 3.8) is 0 Å². The number of amides is 3. The molecule has 43 heavy (non-hydrogen) atoms. The molecule has 4 heterocycles. The SMILES string of the molecule is CC[C@@]12C=CCN(c3ccccc3)C(=O)[C@@H]1[C@H]1C(=O)N(CCCCCO)C3C(=O)N(c4c(C)cccc4Cl)CC=C[C@@]31O2. The Morgan fingerprint density at radius 1 is 0.884 bits per heavy atom. The number of benzene rings is 2. The molecule has 0 bridgehead atoms. The Bertz CT molecular complexity index is 1460. The second-order valence-electron chi connectivity index (χ2n) is 11.9. The van der Waals surface area contributed by atoms with E-state index in [4.69, 9.17) is 16.3 Å². The standard InChI is InChI=1S/C34H38ClN3O5/c1-3-33-17-11-20-36(24-14-6-4-7-15-24)30(40)26(33)27-31(41)38(19-8-5-9-22-39)29-32(42)37(21-12-18-34(27,29)43-33)28-23(2)13-10-16-25(28)35/h4,6-7,10-18,26-27,29,39H,3,5,8-9,19-22H2,1-2H3/t26-,27-,29?,33+,34-/m0/s1. The molecule has 4 aliphatic heterocycles. The van der Waals surface area contributed by atoms with Crippen LogP contribution in [0.5, 0.6) is 0 Å². The zero-order valence-electron chi connectivity index (χ0n) is 24.6. The summed E-state index contributed by atoms with van der Waals surface area (Å²) in [6.45, 7) is 4.87. The molecule has 5 atom stereocenters. The number of para-hydroxylation sites is 2. The first-order chi connectivity index (χ1) is 20.8. The van der Waals surface area contributed by atoms with Gasteiger partial charge in [0.1, 0.15) is 11.6 Å². The van der Waals surface area contributed by atoms with Gasteiger partial charge in [0.25, 0.3) is 5.91 Å². The number of ether oxygens (including phenoxy) is 1. The number of nitrogens with zero attached hydrogens (tertiary/aromatic N) is 3. The molecule has 0 radical (unpaired) electrons. The predicted molar refractivity (Wildman–Crippen MR) is 166 cm³/mol. The number of aryl methyl sites for hydroxylation is 1. The summed E-state index contributed by atoms with van der Waals surface area (Å²) >= 11 is 6.66. The highest BCUT2D eigenvalue weighted by Gasteiger charge is 2.75. The Morgan fingerprint density at radius 2 is 1.63 bits per heavy atom. The Labute approximate surface area is 257 Å². The smallest absolute Gasteiger partial charge is 0.253 e. The van der Waals surface area contributed by atoms with E-state index in [9.17, 15) is 19.5 Å². The van der Waals surface area contributed by atoms with Gasteiger partial charge in [-0.2, -0.15) is 0 Å². The summed E-state index contributed by atoms with van der Waals surface area (Å²) in [7, 11) is 0. The number of aliphatic hydroxyl groups is 1. The lowest BCUT2D eigenvalue weighted by Gasteiger charge is -2.38. The highest BCUT2D eigenvalue weighted by Crippen LogP contribution is 2.59. The van der Waals surface area contributed by atoms with Crippen LogP contribution in [0.1, 0.15) is 38.2 Å². The van der Waals surface area contributed by atoms with Gasteiger partial charge in [-0.15, -0.1) is 0 Å². The van der Waals surface area contributed by atoms with Gasteiger partial charge >= 0.3 is 0 Å². The minimum atomic E-state index is -1.34. The molecule has 0 aromatic heterocycles. The lowest BCUT2D eigenvalue weighted by molar-refractivity contribution is -0.145.